The lowest BCUT2D eigenvalue weighted by Gasteiger charge is -2.19. The molecular formula is C24H17ClFN3O5S. The van der Waals surface area contributed by atoms with Crippen molar-refractivity contribution in [3.63, 3.8) is 0 Å². The third-order valence-electron chi connectivity index (χ3n) is 5.44. The number of hydrogen-bond donors (Lipinski definition) is 0. The van der Waals surface area contributed by atoms with E-state index in [9.17, 15) is 14.0 Å². The standard InChI is InChI=1S/C24H17ClFN3O5S/c1-13-21(23(28-34-13)22-14(25)5-2-6-15(22)26)24(31)33-12-20(30)29-17(18-7-3-9-32-18)11-16(27-29)19-8-4-10-35-19/h2-10,17H,11-12H2,1H3/t17-/m1/s1. The molecule has 1 atom stereocenters. The summed E-state index contributed by atoms with van der Waals surface area (Å²) in [5.74, 6) is -1.46. The number of rotatable bonds is 6. The summed E-state index contributed by atoms with van der Waals surface area (Å²) in [5, 5.41) is 11.5. The molecule has 0 saturated carbocycles. The van der Waals surface area contributed by atoms with Gasteiger partial charge in [0.25, 0.3) is 5.91 Å². The van der Waals surface area contributed by atoms with Crippen LogP contribution < -0.4 is 0 Å². The molecule has 1 amide bonds. The van der Waals surface area contributed by atoms with Gasteiger partial charge >= 0.3 is 5.97 Å². The van der Waals surface area contributed by atoms with E-state index in [1.165, 1.54) is 47.7 Å². The van der Waals surface area contributed by atoms with Crippen molar-refractivity contribution >= 4 is 40.5 Å². The molecular weight excluding hydrogens is 497 g/mol. The predicted molar refractivity (Wildman–Crippen MR) is 126 cm³/mol. The molecule has 4 aromatic rings. The molecule has 0 N–H and O–H groups in total. The number of amides is 1. The number of carbonyl (C=O) groups excluding carboxylic acids is 2. The van der Waals surface area contributed by atoms with Crippen molar-refractivity contribution in [3.05, 3.63) is 86.9 Å². The molecule has 35 heavy (non-hydrogen) atoms. The number of esters is 1. The van der Waals surface area contributed by atoms with Crippen LogP contribution in [-0.2, 0) is 9.53 Å². The molecule has 11 heteroatoms. The predicted octanol–water partition coefficient (Wildman–Crippen LogP) is 5.63. The van der Waals surface area contributed by atoms with Crippen LogP contribution >= 0.6 is 22.9 Å². The van der Waals surface area contributed by atoms with Crippen molar-refractivity contribution in [2.24, 2.45) is 5.10 Å². The maximum Gasteiger partial charge on any atom is 0.344 e. The van der Waals surface area contributed by atoms with Crippen LogP contribution in [-0.4, -0.2) is 34.4 Å². The Labute approximate surface area is 207 Å². The van der Waals surface area contributed by atoms with Gasteiger partial charge in [-0.2, -0.15) is 5.10 Å². The Morgan fingerprint density at radius 2 is 2.11 bits per heavy atom. The fraction of sp³-hybridized carbons (Fsp3) is 0.167. The number of aryl methyl sites for hydroxylation is 1. The Balaban J connectivity index is 1.37. The highest BCUT2D eigenvalue weighted by Gasteiger charge is 2.36. The van der Waals surface area contributed by atoms with Crippen molar-refractivity contribution in [1.82, 2.24) is 10.2 Å². The summed E-state index contributed by atoms with van der Waals surface area (Å²) >= 11 is 7.64. The lowest BCUT2D eigenvalue weighted by atomic mass is 10.1. The van der Waals surface area contributed by atoms with E-state index in [0.717, 1.165) is 10.6 Å². The first kappa shape index (κ1) is 23.0. The first-order valence-electron chi connectivity index (χ1n) is 10.5. The number of hydrazone groups is 1. The van der Waals surface area contributed by atoms with E-state index in [1.807, 2.05) is 17.5 Å². The first-order valence-corrected chi connectivity index (χ1v) is 11.7. The zero-order valence-corrected chi connectivity index (χ0v) is 19.8. The first-order chi connectivity index (χ1) is 16.9. The number of halogens is 2. The average molecular weight is 514 g/mol. The van der Waals surface area contributed by atoms with Crippen LogP contribution in [0.15, 0.2) is 68.1 Å². The molecule has 0 bridgehead atoms. The Hall–Kier alpha value is -3.76. The van der Waals surface area contributed by atoms with Crippen LogP contribution in [0.1, 0.15) is 39.2 Å². The molecule has 0 unspecified atom stereocenters. The van der Waals surface area contributed by atoms with Crippen LogP contribution in [0.25, 0.3) is 11.3 Å². The van der Waals surface area contributed by atoms with E-state index >= 15 is 0 Å². The van der Waals surface area contributed by atoms with Crippen molar-refractivity contribution in [1.29, 1.82) is 0 Å². The SMILES string of the molecule is Cc1onc(-c2c(F)cccc2Cl)c1C(=O)OCC(=O)N1N=C(c2cccs2)C[C@@H]1c1ccco1. The fourth-order valence-electron chi connectivity index (χ4n) is 3.81. The highest BCUT2D eigenvalue weighted by Crippen LogP contribution is 2.35. The van der Waals surface area contributed by atoms with Gasteiger partial charge in [0.15, 0.2) is 6.61 Å². The topological polar surface area (TPSA) is 98.1 Å². The Bertz CT molecular complexity index is 1390. The van der Waals surface area contributed by atoms with Crippen molar-refractivity contribution < 1.29 is 27.7 Å². The molecule has 3 aromatic heterocycles. The van der Waals surface area contributed by atoms with Crippen molar-refractivity contribution in [2.45, 2.75) is 19.4 Å². The maximum atomic E-state index is 14.4. The summed E-state index contributed by atoms with van der Waals surface area (Å²) in [6, 6.07) is 10.9. The van der Waals surface area contributed by atoms with Crippen LogP contribution in [0, 0.1) is 12.7 Å². The summed E-state index contributed by atoms with van der Waals surface area (Å²) in [4.78, 5) is 26.9. The number of thiophene rings is 1. The van der Waals surface area contributed by atoms with Crippen LogP contribution in [0.5, 0.6) is 0 Å². The van der Waals surface area contributed by atoms with E-state index in [4.69, 9.17) is 25.3 Å². The van der Waals surface area contributed by atoms with Gasteiger partial charge in [-0.25, -0.2) is 14.2 Å². The average Bonchev–Trinajstić information content (AvgIpc) is 3.64. The lowest BCUT2D eigenvalue weighted by Crippen LogP contribution is -2.31. The molecule has 0 radical (unpaired) electrons. The summed E-state index contributed by atoms with van der Waals surface area (Å²) < 4.78 is 30.3. The second-order valence-corrected chi connectivity index (χ2v) is 8.99. The third-order valence-corrected chi connectivity index (χ3v) is 6.67. The molecule has 0 saturated heterocycles. The van der Waals surface area contributed by atoms with Gasteiger partial charge in [-0.1, -0.05) is 28.9 Å². The van der Waals surface area contributed by atoms with Gasteiger partial charge < -0.3 is 13.7 Å². The molecule has 0 fully saturated rings. The Morgan fingerprint density at radius 3 is 2.83 bits per heavy atom. The van der Waals surface area contributed by atoms with E-state index in [0.29, 0.717) is 12.2 Å². The zero-order valence-electron chi connectivity index (χ0n) is 18.2. The number of nitrogens with zero attached hydrogens (tertiary/aromatic N) is 3. The highest BCUT2D eigenvalue weighted by atomic mass is 35.5. The van der Waals surface area contributed by atoms with Crippen LogP contribution in [0.3, 0.4) is 0 Å². The fourth-order valence-corrected chi connectivity index (χ4v) is 4.78. The van der Waals surface area contributed by atoms with Gasteiger partial charge in [-0.3, -0.25) is 4.79 Å². The van der Waals surface area contributed by atoms with E-state index in [1.54, 1.807) is 12.1 Å². The largest absolute Gasteiger partial charge is 0.467 e. The molecule has 178 valence electrons. The molecule has 1 aromatic carbocycles. The monoisotopic (exact) mass is 513 g/mol. The van der Waals surface area contributed by atoms with Crippen molar-refractivity contribution in [2.75, 3.05) is 6.61 Å². The number of ether oxygens (including phenoxy) is 1. The van der Waals surface area contributed by atoms with Crippen LogP contribution in [0.2, 0.25) is 5.02 Å². The smallest absolute Gasteiger partial charge is 0.344 e. The van der Waals surface area contributed by atoms with Gasteiger partial charge in [0.1, 0.15) is 34.6 Å². The summed E-state index contributed by atoms with van der Waals surface area (Å²) in [6.45, 7) is 0.876. The molecule has 0 aliphatic carbocycles. The maximum absolute atomic E-state index is 14.4. The van der Waals surface area contributed by atoms with Crippen molar-refractivity contribution in [3.8, 4) is 11.3 Å². The minimum Gasteiger partial charge on any atom is -0.467 e. The van der Waals surface area contributed by atoms with E-state index < -0.39 is 30.3 Å². The molecule has 5 rings (SSSR count). The summed E-state index contributed by atoms with van der Waals surface area (Å²) in [6.07, 6.45) is 1.97. The normalized spacial score (nSPS) is 15.3. The number of carbonyl (C=O) groups is 2. The quantitative estimate of drug-likeness (QED) is 0.310. The number of hydrogen-bond acceptors (Lipinski definition) is 8. The third kappa shape index (κ3) is 4.38. The van der Waals surface area contributed by atoms with Crippen LogP contribution in [0.4, 0.5) is 4.39 Å². The minimum atomic E-state index is -0.900. The Kier molecular flexibility index (Phi) is 6.23. The molecule has 0 spiro atoms. The Morgan fingerprint density at radius 1 is 1.26 bits per heavy atom. The number of furan rings is 1. The highest BCUT2D eigenvalue weighted by molar-refractivity contribution is 7.12. The van der Waals surface area contributed by atoms with Gasteiger partial charge in [-0.05, 0) is 42.6 Å². The summed E-state index contributed by atoms with van der Waals surface area (Å²) in [5.41, 5.74) is 0.423. The number of benzene rings is 1. The second kappa shape index (κ2) is 9.47. The molecule has 8 nitrogen and oxygen atoms in total. The lowest BCUT2D eigenvalue weighted by molar-refractivity contribution is -0.136. The second-order valence-electron chi connectivity index (χ2n) is 7.63. The van der Waals surface area contributed by atoms with Gasteiger partial charge in [-0.15, -0.1) is 11.3 Å². The van der Waals surface area contributed by atoms with E-state index in [2.05, 4.69) is 10.3 Å². The molecule has 1 aliphatic heterocycles. The van der Waals surface area contributed by atoms with Gasteiger partial charge in [0.2, 0.25) is 0 Å². The molecule has 1 aliphatic rings. The minimum absolute atomic E-state index is 0.0530. The zero-order chi connectivity index (χ0) is 24.5. The summed E-state index contributed by atoms with van der Waals surface area (Å²) in [7, 11) is 0. The van der Waals surface area contributed by atoms with Gasteiger partial charge in [0, 0.05) is 6.42 Å². The van der Waals surface area contributed by atoms with E-state index in [-0.39, 0.29) is 27.6 Å². The number of aromatic nitrogens is 1. The van der Waals surface area contributed by atoms with Gasteiger partial charge in [0.05, 0.1) is 27.4 Å². The molecule has 4 heterocycles.